The predicted octanol–water partition coefficient (Wildman–Crippen LogP) is 2.31. The number of para-hydroxylation sites is 2. The van der Waals surface area contributed by atoms with Crippen molar-refractivity contribution in [2.24, 2.45) is 5.84 Å². The van der Waals surface area contributed by atoms with Crippen molar-refractivity contribution in [3.8, 4) is 0 Å². The summed E-state index contributed by atoms with van der Waals surface area (Å²) in [6.07, 6.45) is 0.808. The van der Waals surface area contributed by atoms with Crippen LogP contribution in [0.25, 0.3) is 0 Å². The van der Waals surface area contributed by atoms with Crippen molar-refractivity contribution in [3.05, 3.63) is 59.4 Å². The highest BCUT2D eigenvalue weighted by molar-refractivity contribution is 6.10. The predicted molar refractivity (Wildman–Crippen MR) is 76.0 cm³/mol. The Hall–Kier alpha value is -2.40. The number of carbonyl (C=O) groups is 1. The maximum atomic E-state index is 13.7. The summed E-state index contributed by atoms with van der Waals surface area (Å²) in [5, 5.41) is 0. The molecule has 1 aliphatic rings. The van der Waals surface area contributed by atoms with Crippen LogP contribution in [-0.4, -0.2) is 12.5 Å². The highest BCUT2D eigenvalue weighted by atomic mass is 19.1. The second-order valence-corrected chi connectivity index (χ2v) is 4.64. The van der Waals surface area contributed by atoms with E-state index in [9.17, 15) is 9.18 Å². The molecule has 3 rings (SSSR count). The van der Waals surface area contributed by atoms with E-state index in [4.69, 9.17) is 5.84 Å². The molecule has 0 atom stereocenters. The van der Waals surface area contributed by atoms with E-state index in [2.05, 4.69) is 5.43 Å². The van der Waals surface area contributed by atoms with Crippen LogP contribution >= 0.6 is 0 Å². The lowest BCUT2D eigenvalue weighted by Crippen LogP contribution is -2.30. The maximum absolute atomic E-state index is 13.7. The summed E-state index contributed by atoms with van der Waals surface area (Å²) in [6, 6.07) is 12.1. The van der Waals surface area contributed by atoms with Crippen molar-refractivity contribution in [3.63, 3.8) is 0 Å². The van der Waals surface area contributed by atoms with Crippen molar-refractivity contribution < 1.29 is 9.18 Å². The smallest absolute Gasteiger partial charge is 0.260 e. The number of nitrogens with one attached hydrogen (secondary N) is 1. The fourth-order valence-electron chi connectivity index (χ4n) is 2.54. The minimum Gasteiger partial charge on any atom is -0.321 e. The average Bonchev–Trinajstić information content (AvgIpc) is 2.90. The van der Waals surface area contributed by atoms with Crippen LogP contribution in [0.3, 0.4) is 0 Å². The molecule has 0 spiro atoms. The molecule has 5 heteroatoms. The van der Waals surface area contributed by atoms with Crippen LogP contribution < -0.4 is 16.2 Å². The molecule has 20 heavy (non-hydrogen) atoms. The number of halogens is 1. The van der Waals surface area contributed by atoms with Gasteiger partial charge in [-0.15, -0.1) is 0 Å². The quantitative estimate of drug-likeness (QED) is 0.651. The van der Waals surface area contributed by atoms with E-state index in [1.165, 1.54) is 12.1 Å². The molecule has 2 aromatic rings. The molecule has 0 saturated carbocycles. The number of hydrogen-bond donors (Lipinski definition) is 2. The minimum atomic E-state index is -0.536. The van der Waals surface area contributed by atoms with Gasteiger partial charge in [-0.05, 0) is 30.2 Å². The summed E-state index contributed by atoms with van der Waals surface area (Å²) in [5.74, 6) is 4.54. The topological polar surface area (TPSA) is 58.4 Å². The van der Waals surface area contributed by atoms with Crippen LogP contribution in [0, 0.1) is 5.82 Å². The van der Waals surface area contributed by atoms with Crippen molar-refractivity contribution in [2.45, 2.75) is 6.42 Å². The molecule has 2 aromatic carbocycles. The monoisotopic (exact) mass is 271 g/mol. The van der Waals surface area contributed by atoms with Gasteiger partial charge < -0.3 is 10.3 Å². The van der Waals surface area contributed by atoms with Crippen LogP contribution in [-0.2, 0) is 6.42 Å². The van der Waals surface area contributed by atoms with E-state index in [1.54, 1.807) is 11.0 Å². The van der Waals surface area contributed by atoms with Gasteiger partial charge in [0.05, 0.1) is 11.3 Å². The Morgan fingerprint density at radius 2 is 2.00 bits per heavy atom. The second-order valence-electron chi connectivity index (χ2n) is 4.64. The summed E-state index contributed by atoms with van der Waals surface area (Å²) < 4.78 is 13.7. The van der Waals surface area contributed by atoms with Crippen LogP contribution in [0.15, 0.2) is 42.5 Å². The molecule has 0 aliphatic carbocycles. The molecule has 0 aromatic heterocycles. The SMILES string of the molecule is NNc1c(F)cccc1C(=O)N1CCc2ccccc21. The van der Waals surface area contributed by atoms with Crippen molar-refractivity contribution >= 4 is 17.3 Å². The number of hydrazine groups is 1. The Bertz CT molecular complexity index is 672. The van der Waals surface area contributed by atoms with Gasteiger partial charge in [-0.2, -0.15) is 0 Å². The van der Waals surface area contributed by atoms with Crippen molar-refractivity contribution in [2.75, 3.05) is 16.9 Å². The zero-order valence-corrected chi connectivity index (χ0v) is 10.8. The minimum absolute atomic E-state index is 0.0295. The Kier molecular flexibility index (Phi) is 3.12. The van der Waals surface area contributed by atoms with Gasteiger partial charge in [0.25, 0.3) is 5.91 Å². The molecular weight excluding hydrogens is 257 g/mol. The van der Waals surface area contributed by atoms with Gasteiger partial charge >= 0.3 is 0 Å². The summed E-state index contributed by atoms with van der Waals surface area (Å²) in [6.45, 7) is 0.596. The van der Waals surface area contributed by atoms with Gasteiger partial charge in [0.2, 0.25) is 0 Å². The highest BCUT2D eigenvalue weighted by Crippen LogP contribution is 2.30. The fourth-order valence-corrected chi connectivity index (χ4v) is 2.54. The van der Waals surface area contributed by atoms with Gasteiger partial charge in [0.1, 0.15) is 5.82 Å². The molecule has 0 bridgehead atoms. The first-order valence-electron chi connectivity index (χ1n) is 6.37. The number of amides is 1. The van der Waals surface area contributed by atoms with Gasteiger partial charge in [0.15, 0.2) is 0 Å². The Labute approximate surface area is 116 Å². The third-order valence-electron chi connectivity index (χ3n) is 3.52. The zero-order valence-electron chi connectivity index (χ0n) is 10.8. The number of carbonyl (C=O) groups excluding carboxylic acids is 1. The molecule has 0 fully saturated rings. The largest absolute Gasteiger partial charge is 0.321 e. The number of benzene rings is 2. The second kappa shape index (κ2) is 4.94. The molecule has 1 amide bonds. The van der Waals surface area contributed by atoms with Crippen LogP contribution in [0.2, 0.25) is 0 Å². The third-order valence-corrected chi connectivity index (χ3v) is 3.52. The van der Waals surface area contributed by atoms with E-state index >= 15 is 0 Å². The van der Waals surface area contributed by atoms with Gasteiger partial charge in [0, 0.05) is 12.2 Å². The van der Waals surface area contributed by atoms with Crippen molar-refractivity contribution in [1.82, 2.24) is 0 Å². The Balaban J connectivity index is 2.01. The lowest BCUT2D eigenvalue weighted by Gasteiger charge is -2.19. The Morgan fingerprint density at radius 3 is 2.80 bits per heavy atom. The number of nitrogens with zero attached hydrogens (tertiary/aromatic N) is 1. The lowest BCUT2D eigenvalue weighted by molar-refractivity contribution is 0.0990. The normalized spacial score (nSPS) is 13.2. The maximum Gasteiger partial charge on any atom is 0.260 e. The van der Waals surface area contributed by atoms with E-state index in [0.717, 1.165) is 17.7 Å². The zero-order chi connectivity index (χ0) is 14.1. The molecule has 1 aliphatic heterocycles. The summed E-state index contributed by atoms with van der Waals surface area (Å²) in [4.78, 5) is 14.3. The highest BCUT2D eigenvalue weighted by Gasteiger charge is 2.27. The fraction of sp³-hybridized carbons (Fsp3) is 0.133. The standard InChI is InChI=1S/C15H14FN3O/c16-12-6-3-5-11(14(12)18-17)15(20)19-9-8-10-4-1-2-7-13(10)19/h1-7,18H,8-9,17H2. The first-order chi connectivity index (χ1) is 9.72. The number of nitrogen functional groups attached to an aromatic ring is 1. The Morgan fingerprint density at radius 1 is 1.20 bits per heavy atom. The summed E-state index contributed by atoms with van der Waals surface area (Å²) in [7, 11) is 0. The van der Waals surface area contributed by atoms with Gasteiger partial charge in [-0.3, -0.25) is 10.6 Å². The first-order valence-corrected chi connectivity index (χ1v) is 6.37. The number of fused-ring (bicyclic) bond motifs is 1. The van der Waals surface area contributed by atoms with Crippen LogP contribution in [0.5, 0.6) is 0 Å². The molecule has 3 N–H and O–H groups in total. The first kappa shape index (κ1) is 12.6. The molecule has 0 unspecified atom stereocenters. The average molecular weight is 271 g/mol. The third kappa shape index (κ3) is 1.92. The number of rotatable bonds is 2. The van der Waals surface area contributed by atoms with E-state index in [0.29, 0.717) is 6.54 Å². The van der Waals surface area contributed by atoms with Gasteiger partial charge in [-0.25, -0.2) is 4.39 Å². The lowest BCUT2D eigenvalue weighted by atomic mass is 10.1. The number of anilines is 2. The van der Waals surface area contributed by atoms with E-state index in [1.807, 2.05) is 24.3 Å². The van der Waals surface area contributed by atoms with E-state index in [-0.39, 0.29) is 17.2 Å². The molecule has 0 saturated heterocycles. The molecule has 4 nitrogen and oxygen atoms in total. The number of hydrogen-bond acceptors (Lipinski definition) is 3. The molecule has 1 heterocycles. The number of nitrogens with two attached hydrogens (primary N) is 1. The van der Waals surface area contributed by atoms with E-state index < -0.39 is 5.82 Å². The van der Waals surface area contributed by atoms with Crippen LogP contribution in [0.4, 0.5) is 15.8 Å². The molecule has 0 radical (unpaired) electrons. The molecule has 102 valence electrons. The molecular formula is C15H14FN3O. The summed E-state index contributed by atoms with van der Waals surface area (Å²) in [5.41, 5.74) is 4.54. The van der Waals surface area contributed by atoms with Crippen molar-refractivity contribution in [1.29, 1.82) is 0 Å². The van der Waals surface area contributed by atoms with Crippen LogP contribution in [0.1, 0.15) is 15.9 Å². The van der Waals surface area contributed by atoms with Gasteiger partial charge in [-0.1, -0.05) is 24.3 Å². The summed E-state index contributed by atoms with van der Waals surface area (Å²) >= 11 is 0.